The van der Waals surface area contributed by atoms with Crippen molar-refractivity contribution in [1.29, 1.82) is 0 Å². The number of amides is 1. The van der Waals surface area contributed by atoms with Gasteiger partial charge in [-0.3, -0.25) is 4.79 Å². The highest BCUT2D eigenvalue weighted by molar-refractivity contribution is 8.00. The van der Waals surface area contributed by atoms with Gasteiger partial charge in [0.05, 0.1) is 5.60 Å². The number of ether oxygens (including phenoxy) is 1. The van der Waals surface area contributed by atoms with Gasteiger partial charge < -0.3 is 19.7 Å². The fourth-order valence-corrected chi connectivity index (χ4v) is 6.55. The van der Waals surface area contributed by atoms with Crippen molar-refractivity contribution >= 4 is 17.7 Å². The highest BCUT2D eigenvalue weighted by Crippen LogP contribution is 2.53. The van der Waals surface area contributed by atoms with Crippen LogP contribution in [0, 0.1) is 23.7 Å². The Kier molecular flexibility index (Phi) is 5.90. The number of nitrogens with one attached hydrogen (secondary N) is 1. The molecule has 0 spiro atoms. The highest BCUT2D eigenvalue weighted by Gasteiger charge is 2.49. The maximum atomic E-state index is 13.2. The number of fused-ring (bicyclic) bond motifs is 2. The van der Waals surface area contributed by atoms with Gasteiger partial charge in [0.15, 0.2) is 0 Å². The van der Waals surface area contributed by atoms with Crippen molar-refractivity contribution in [2.24, 2.45) is 23.7 Å². The molecule has 1 aromatic rings. The number of carbonyl (C=O) groups excluding carboxylic acids is 1. The summed E-state index contributed by atoms with van der Waals surface area (Å²) in [5.74, 6) is 3.18. The average Bonchev–Trinajstić information content (AvgIpc) is 3.06. The Morgan fingerprint density at radius 1 is 1.31 bits per heavy atom. The van der Waals surface area contributed by atoms with E-state index in [-0.39, 0.29) is 29.6 Å². The molecule has 1 aromatic heterocycles. The number of rotatable bonds is 7. The molecule has 0 saturated heterocycles. The van der Waals surface area contributed by atoms with E-state index in [1.165, 1.54) is 50.3 Å². The maximum Gasteiger partial charge on any atom is 0.291 e. The number of aromatic nitrogens is 1. The first-order chi connectivity index (χ1) is 13.7. The number of aliphatic hydroxyl groups is 1. The molecule has 3 fully saturated rings. The van der Waals surface area contributed by atoms with Crippen molar-refractivity contribution in [2.45, 2.75) is 88.0 Å². The van der Waals surface area contributed by atoms with Crippen molar-refractivity contribution < 1.29 is 19.2 Å². The smallest absolute Gasteiger partial charge is 0.291 e. The van der Waals surface area contributed by atoms with Gasteiger partial charge in [0.2, 0.25) is 5.76 Å². The van der Waals surface area contributed by atoms with Gasteiger partial charge in [-0.25, -0.2) is 0 Å². The van der Waals surface area contributed by atoms with Gasteiger partial charge in [-0.1, -0.05) is 26.7 Å². The van der Waals surface area contributed by atoms with Crippen LogP contribution in [0.15, 0.2) is 9.42 Å². The van der Waals surface area contributed by atoms with Crippen LogP contribution in [-0.2, 0) is 0 Å². The van der Waals surface area contributed by atoms with Crippen molar-refractivity contribution in [2.75, 3.05) is 6.61 Å². The van der Waals surface area contributed by atoms with E-state index >= 15 is 0 Å². The lowest BCUT2D eigenvalue weighted by Crippen LogP contribution is -2.42. The van der Waals surface area contributed by atoms with Crippen LogP contribution >= 0.6 is 11.8 Å². The largest absolute Gasteiger partial charge is 0.472 e. The predicted octanol–water partition coefficient (Wildman–Crippen LogP) is 4.27. The Hall–Kier alpha value is -1.21. The number of thioether (sulfide) groups is 1. The second kappa shape index (κ2) is 8.14. The van der Waals surface area contributed by atoms with E-state index in [0.717, 1.165) is 11.8 Å². The Balaban J connectivity index is 1.51. The lowest BCUT2D eigenvalue weighted by Gasteiger charge is -2.29. The first kappa shape index (κ1) is 21.0. The minimum absolute atomic E-state index is 0.0854. The summed E-state index contributed by atoms with van der Waals surface area (Å²) in [6.45, 7) is 7.54. The monoisotopic (exact) mass is 422 g/mol. The molecule has 162 valence electrons. The molecule has 0 aromatic carbocycles. The van der Waals surface area contributed by atoms with Gasteiger partial charge in [0, 0.05) is 11.3 Å². The molecule has 6 nitrogen and oxygen atoms in total. The fourth-order valence-electron chi connectivity index (χ4n) is 5.64. The molecule has 2 N–H and O–H groups in total. The summed E-state index contributed by atoms with van der Waals surface area (Å²) in [6, 6.07) is 0.251. The van der Waals surface area contributed by atoms with Crippen molar-refractivity contribution in [3.05, 3.63) is 5.76 Å². The average molecular weight is 423 g/mol. The molecule has 29 heavy (non-hydrogen) atoms. The quantitative estimate of drug-likeness (QED) is 0.639. The Labute approximate surface area is 177 Å². The number of hydrogen-bond acceptors (Lipinski definition) is 6. The first-order valence-corrected chi connectivity index (χ1v) is 11.9. The topological polar surface area (TPSA) is 84.6 Å². The Morgan fingerprint density at radius 3 is 2.79 bits per heavy atom. The molecule has 4 rings (SSSR count). The lowest BCUT2D eigenvalue weighted by atomic mass is 9.79. The summed E-state index contributed by atoms with van der Waals surface area (Å²) < 4.78 is 11.1. The van der Waals surface area contributed by atoms with Gasteiger partial charge in [-0.2, -0.15) is 0 Å². The summed E-state index contributed by atoms with van der Waals surface area (Å²) in [4.78, 5) is 13.8. The predicted molar refractivity (Wildman–Crippen MR) is 112 cm³/mol. The molecule has 1 amide bonds. The van der Waals surface area contributed by atoms with Crippen LogP contribution in [0.3, 0.4) is 0 Å². The molecule has 0 aliphatic heterocycles. The molecule has 7 heteroatoms. The van der Waals surface area contributed by atoms with E-state index < -0.39 is 5.60 Å². The molecular weight excluding hydrogens is 388 g/mol. The Bertz CT molecular complexity index is 742. The third kappa shape index (κ3) is 4.61. The lowest BCUT2D eigenvalue weighted by molar-refractivity contribution is 0.0248. The summed E-state index contributed by atoms with van der Waals surface area (Å²) in [5.41, 5.74) is -0.986. The minimum Gasteiger partial charge on any atom is -0.472 e. The van der Waals surface area contributed by atoms with E-state index in [4.69, 9.17) is 9.26 Å². The van der Waals surface area contributed by atoms with Crippen LogP contribution in [0.4, 0.5) is 0 Å². The van der Waals surface area contributed by atoms with E-state index in [2.05, 4.69) is 24.3 Å². The van der Waals surface area contributed by atoms with Gasteiger partial charge in [0.25, 0.3) is 11.8 Å². The molecule has 1 heterocycles. The molecule has 3 bridgehead atoms. The van der Waals surface area contributed by atoms with E-state index in [9.17, 15) is 9.90 Å². The third-order valence-electron chi connectivity index (χ3n) is 6.64. The summed E-state index contributed by atoms with van der Waals surface area (Å²) in [5, 5.41) is 17.5. The van der Waals surface area contributed by atoms with Gasteiger partial charge in [-0.15, -0.1) is 11.8 Å². The normalized spacial score (nSPS) is 31.2. The molecular formula is C22H34N2O4S. The third-order valence-corrected chi connectivity index (χ3v) is 7.71. The second-order valence-corrected chi connectivity index (χ2v) is 11.7. The van der Waals surface area contributed by atoms with Crippen molar-refractivity contribution in [3.8, 4) is 5.88 Å². The van der Waals surface area contributed by atoms with Crippen LogP contribution in [0.25, 0.3) is 0 Å². The van der Waals surface area contributed by atoms with E-state index in [1.54, 1.807) is 13.8 Å². The summed E-state index contributed by atoms with van der Waals surface area (Å²) >= 11 is 1.51. The van der Waals surface area contributed by atoms with Crippen LogP contribution in [0.2, 0.25) is 0 Å². The van der Waals surface area contributed by atoms with Crippen LogP contribution in [0.1, 0.15) is 76.8 Å². The fraction of sp³-hybridized carbons (Fsp3) is 0.818. The van der Waals surface area contributed by atoms with Crippen molar-refractivity contribution in [3.63, 3.8) is 0 Å². The first-order valence-electron chi connectivity index (χ1n) is 11.0. The number of nitrogens with zero attached hydrogens (tertiary/aromatic N) is 1. The van der Waals surface area contributed by atoms with Gasteiger partial charge in [0.1, 0.15) is 11.5 Å². The molecule has 5 atom stereocenters. The summed E-state index contributed by atoms with van der Waals surface area (Å²) in [7, 11) is 0. The second-order valence-electron chi connectivity index (χ2n) is 10.1. The molecule has 3 saturated carbocycles. The molecule has 3 aliphatic carbocycles. The molecule has 3 aliphatic rings. The zero-order valence-corrected chi connectivity index (χ0v) is 18.8. The van der Waals surface area contributed by atoms with Crippen LogP contribution in [-0.4, -0.2) is 39.7 Å². The van der Waals surface area contributed by atoms with E-state index in [1.807, 2.05) is 0 Å². The minimum atomic E-state index is -0.986. The van der Waals surface area contributed by atoms with E-state index in [0.29, 0.717) is 22.6 Å². The number of carbonyl (C=O) groups is 1. The van der Waals surface area contributed by atoms with Crippen molar-refractivity contribution in [1.82, 2.24) is 10.5 Å². The number of hydrogen-bond donors (Lipinski definition) is 2. The van der Waals surface area contributed by atoms with Gasteiger partial charge in [-0.05, 0) is 68.4 Å². The van der Waals surface area contributed by atoms with Crippen LogP contribution < -0.4 is 10.1 Å². The SMILES string of the molecule is CC(C)Sc1c(OCC(C)(C)O)noc1C(=O)NC1C2CC3CCCC1C(C3)C2. The summed E-state index contributed by atoms with van der Waals surface area (Å²) in [6.07, 6.45) is 7.74. The van der Waals surface area contributed by atoms with Gasteiger partial charge >= 0.3 is 0 Å². The highest BCUT2D eigenvalue weighted by atomic mass is 32.2. The zero-order valence-electron chi connectivity index (χ0n) is 17.9. The standard InChI is InChI=1S/C22H34N2O4S/c1-12(2)29-19-18(28-24-21(19)27-11-22(3,4)26)20(25)23-17-15-9-13-6-5-7-16(17)14(8-13)10-15/h12-17,26H,5-11H2,1-4H3,(H,23,25). The Morgan fingerprint density at radius 2 is 2.07 bits per heavy atom. The molecule has 0 radical (unpaired) electrons. The maximum absolute atomic E-state index is 13.2. The zero-order chi connectivity index (χ0) is 20.8. The molecule has 5 unspecified atom stereocenters. The van der Waals surface area contributed by atoms with Crippen LogP contribution in [0.5, 0.6) is 5.88 Å².